The first-order chi connectivity index (χ1) is 8.29. The van der Waals surface area contributed by atoms with Crippen LogP contribution in [-0.4, -0.2) is 42.2 Å². The number of fused-ring (bicyclic) bond motifs is 1. The quantitative estimate of drug-likeness (QED) is 0.215. The zero-order valence-corrected chi connectivity index (χ0v) is 8.50. The van der Waals surface area contributed by atoms with Crippen molar-refractivity contribution in [2.24, 2.45) is 0 Å². The zero-order valence-electron chi connectivity index (χ0n) is 8.50. The Morgan fingerprint density at radius 1 is 0.500 bits per heavy atom. The number of benzene rings is 1. The molecular formula is C10H6O8. The van der Waals surface area contributed by atoms with Crippen LogP contribution in [0.4, 0.5) is 0 Å². The van der Waals surface area contributed by atoms with Crippen LogP contribution in [0.25, 0.3) is 5.76 Å². The molecule has 0 spiro atoms. The van der Waals surface area contributed by atoms with Crippen LogP contribution in [0.15, 0.2) is 5.76 Å². The van der Waals surface area contributed by atoms with E-state index in [1.807, 2.05) is 0 Å². The maximum atomic E-state index is 11.5. The first-order valence-corrected chi connectivity index (χ1v) is 4.50. The lowest BCUT2D eigenvalue weighted by Gasteiger charge is -2.18. The Labute approximate surface area is 98.3 Å². The van der Waals surface area contributed by atoms with Crippen molar-refractivity contribution in [1.82, 2.24) is 0 Å². The van der Waals surface area contributed by atoms with Crippen molar-refractivity contribution in [1.29, 1.82) is 0 Å². The molecule has 0 atom stereocenters. The minimum atomic E-state index is -1.51. The van der Waals surface area contributed by atoms with E-state index >= 15 is 0 Å². The Morgan fingerprint density at radius 3 is 1.44 bits per heavy atom. The van der Waals surface area contributed by atoms with E-state index in [-0.39, 0.29) is 0 Å². The number of allylic oxidation sites excluding steroid dienone is 1. The first-order valence-electron chi connectivity index (χ1n) is 4.50. The van der Waals surface area contributed by atoms with Crippen LogP contribution in [0, 0.1) is 0 Å². The number of aliphatic hydroxyl groups is 2. The molecule has 6 N–H and O–H groups in total. The van der Waals surface area contributed by atoms with E-state index in [1.54, 1.807) is 0 Å². The Kier molecular flexibility index (Phi) is 2.12. The number of ketones is 2. The summed E-state index contributed by atoms with van der Waals surface area (Å²) < 4.78 is 0. The van der Waals surface area contributed by atoms with Gasteiger partial charge >= 0.3 is 0 Å². The lowest BCUT2D eigenvalue weighted by molar-refractivity contribution is -0.114. The van der Waals surface area contributed by atoms with Crippen molar-refractivity contribution in [2.75, 3.05) is 0 Å². The van der Waals surface area contributed by atoms with E-state index in [0.717, 1.165) is 0 Å². The van der Waals surface area contributed by atoms with Gasteiger partial charge in [0.05, 0.1) is 11.1 Å². The van der Waals surface area contributed by atoms with Crippen molar-refractivity contribution >= 4 is 17.3 Å². The molecule has 0 fully saturated rings. The number of hydrogen-bond acceptors (Lipinski definition) is 8. The number of carbonyl (C=O) groups excluding carboxylic acids is 2. The van der Waals surface area contributed by atoms with Gasteiger partial charge in [-0.25, -0.2) is 0 Å². The predicted octanol–water partition coefficient (Wildman–Crippen LogP) is 0.0590. The highest BCUT2D eigenvalue weighted by atomic mass is 16.3. The molecule has 1 aliphatic rings. The fraction of sp³-hybridized carbons (Fsp3) is 0. The molecule has 1 aromatic rings. The maximum absolute atomic E-state index is 11.5. The fourth-order valence-electron chi connectivity index (χ4n) is 1.60. The molecule has 0 amide bonds. The normalized spacial score (nSPS) is 14.9. The first kappa shape index (κ1) is 11.6. The summed E-state index contributed by atoms with van der Waals surface area (Å²) in [6.07, 6.45) is 0. The third kappa shape index (κ3) is 1.14. The number of aliphatic hydroxyl groups excluding tert-OH is 2. The monoisotopic (exact) mass is 254 g/mol. The minimum Gasteiger partial charge on any atom is -0.504 e. The molecule has 0 radical (unpaired) electrons. The molecule has 0 bridgehead atoms. The van der Waals surface area contributed by atoms with Crippen LogP contribution in [0.1, 0.15) is 15.9 Å². The molecule has 94 valence electrons. The predicted molar refractivity (Wildman–Crippen MR) is 54.6 cm³/mol. The van der Waals surface area contributed by atoms with Gasteiger partial charge in [-0.1, -0.05) is 0 Å². The number of aromatic hydroxyl groups is 4. The highest BCUT2D eigenvalue weighted by molar-refractivity contribution is 6.52. The van der Waals surface area contributed by atoms with Crippen molar-refractivity contribution in [3.8, 4) is 23.0 Å². The van der Waals surface area contributed by atoms with E-state index in [0.29, 0.717) is 0 Å². The summed E-state index contributed by atoms with van der Waals surface area (Å²) in [6, 6.07) is 0. The number of carbonyl (C=O) groups is 2. The van der Waals surface area contributed by atoms with Crippen molar-refractivity contribution in [3.05, 3.63) is 16.9 Å². The average molecular weight is 254 g/mol. The number of Topliss-reactive ketones (excluding diaryl/α,β-unsaturated/α-hetero) is 2. The van der Waals surface area contributed by atoms with Crippen LogP contribution in [0.5, 0.6) is 23.0 Å². The summed E-state index contributed by atoms with van der Waals surface area (Å²) in [7, 11) is 0. The van der Waals surface area contributed by atoms with Crippen molar-refractivity contribution < 1.29 is 40.2 Å². The lowest BCUT2D eigenvalue weighted by Crippen LogP contribution is -2.24. The third-order valence-corrected chi connectivity index (χ3v) is 2.51. The second-order valence-corrected chi connectivity index (χ2v) is 3.50. The number of hydrogen-bond donors (Lipinski definition) is 6. The molecule has 0 heterocycles. The molecule has 8 heteroatoms. The molecule has 1 aliphatic carbocycles. The van der Waals surface area contributed by atoms with Gasteiger partial charge in [0.15, 0.2) is 17.3 Å². The zero-order chi connectivity index (χ0) is 13.8. The summed E-state index contributed by atoms with van der Waals surface area (Å²) in [6.45, 7) is 0. The fourth-order valence-corrected chi connectivity index (χ4v) is 1.60. The Hall–Kier alpha value is -2.90. The molecule has 1 aromatic carbocycles. The molecule has 18 heavy (non-hydrogen) atoms. The maximum Gasteiger partial charge on any atom is 0.271 e. The Bertz CT molecular complexity index is 640. The highest BCUT2D eigenvalue weighted by Crippen LogP contribution is 2.50. The molecule has 0 unspecified atom stereocenters. The largest absolute Gasteiger partial charge is 0.504 e. The summed E-state index contributed by atoms with van der Waals surface area (Å²) in [5, 5.41) is 55.9. The van der Waals surface area contributed by atoms with Gasteiger partial charge in [0.2, 0.25) is 23.0 Å². The van der Waals surface area contributed by atoms with Crippen molar-refractivity contribution in [2.45, 2.75) is 0 Å². The second kappa shape index (κ2) is 3.29. The standard InChI is InChI=1S/C10H6O8/c11-3-1-2(5(13)9(17)7(3)15)6(14)10(18)8(16)4(1)12/h11-13,15-17H. The van der Waals surface area contributed by atoms with Gasteiger partial charge in [-0.3, -0.25) is 9.59 Å². The Morgan fingerprint density at radius 2 is 0.944 bits per heavy atom. The number of phenols is 4. The van der Waals surface area contributed by atoms with Crippen LogP contribution in [0.2, 0.25) is 0 Å². The minimum absolute atomic E-state index is 0.829. The van der Waals surface area contributed by atoms with Crippen LogP contribution in [-0.2, 0) is 4.79 Å². The van der Waals surface area contributed by atoms with Gasteiger partial charge < -0.3 is 30.6 Å². The van der Waals surface area contributed by atoms with Gasteiger partial charge in [0.25, 0.3) is 5.78 Å². The van der Waals surface area contributed by atoms with Gasteiger partial charge in [-0.05, 0) is 0 Å². The molecule has 2 rings (SSSR count). The Balaban J connectivity index is 3.01. The SMILES string of the molecule is O=C1C(=O)c2c(O)c(O)c(O)c(O)c2C(O)=C1O. The molecule has 0 saturated heterocycles. The topological polar surface area (TPSA) is 156 Å². The molecule has 0 saturated carbocycles. The summed E-state index contributed by atoms with van der Waals surface area (Å²) in [4.78, 5) is 22.7. The number of phenolic OH excluding ortho intramolecular Hbond substituents is 4. The molecule has 8 nitrogen and oxygen atoms in total. The van der Waals surface area contributed by atoms with Crippen LogP contribution in [0.3, 0.4) is 0 Å². The van der Waals surface area contributed by atoms with Gasteiger partial charge in [0, 0.05) is 0 Å². The summed E-state index contributed by atoms with van der Waals surface area (Å²) in [5.74, 6) is -10.2. The van der Waals surface area contributed by atoms with Gasteiger partial charge in [0.1, 0.15) is 0 Å². The van der Waals surface area contributed by atoms with Crippen LogP contribution < -0.4 is 0 Å². The molecule has 0 aliphatic heterocycles. The average Bonchev–Trinajstić information content (AvgIpc) is 2.35. The van der Waals surface area contributed by atoms with Gasteiger partial charge in [-0.2, -0.15) is 0 Å². The van der Waals surface area contributed by atoms with E-state index in [2.05, 4.69) is 0 Å². The summed E-state index contributed by atoms with van der Waals surface area (Å²) in [5.41, 5.74) is -1.73. The summed E-state index contributed by atoms with van der Waals surface area (Å²) >= 11 is 0. The van der Waals surface area contributed by atoms with E-state index in [4.69, 9.17) is 5.11 Å². The van der Waals surface area contributed by atoms with E-state index in [9.17, 15) is 35.1 Å². The molecule has 0 aromatic heterocycles. The second-order valence-electron chi connectivity index (χ2n) is 3.50. The van der Waals surface area contributed by atoms with E-state index < -0.39 is 57.2 Å². The lowest BCUT2D eigenvalue weighted by atomic mass is 9.90. The number of rotatable bonds is 0. The van der Waals surface area contributed by atoms with Gasteiger partial charge in [-0.15, -0.1) is 0 Å². The van der Waals surface area contributed by atoms with Crippen molar-refractivity contribution in [3.63, 3.8) is 0 Å². The van der Waals surface area contributed by atoms with Crippen LogP contribution >= 0.6 is 0 Å². The molecular weight excluding hydrogens is 248 g/mol. The smallest absolute Gasteiger partial charge is 0.271 e. The van der Waals surface area contributed by atoms with E-state index in [1.165, 1.54) is 0 Å². The third-order valence-electron chi connectivity index (χ3n) is 2.51. The highest BCUT2D eigenvalue weighted by Gasteiger charge is 2.40.